The first-order chi connectivity index (χ1) is 10.7. The zero-order valence-electron chi connectivity index (χ0n) is 14.7. The van der Waals surface area contributed by atoms with Crippen molar-refractivity contribution in [1.82, 2.24) is 5.32 Å². The fourth-order valence-electron chi connectivity index (χ4n) is 1.44. The molecule has 0 aromatic rings. The van der Waals surface area contributed by atoms with Gasteiger partial charge in [0.05, 0.1) is 24.8 Å². The highest BCUT2D eigenvalue weighted by atomic mass is 35.5. The van der Waals surface area contributed by atoms with Crippen molar-refractivity contribution in [2.24, 2.45) is 0 Å². The second kappa shape index (κ2) is 13.0. The van der Waals surface area contributed by atoms with Crippen LogP contribution < -0.4 is 5.32 Å². The molecule has 0 spiro atoms. The third-order valence-corrected chi connectivity index (χ3v) is 3.50. The van der Waals surface area contributed by atoms with Crippen LogP contribution in [-0.4, -0.2) is 44.2 Å². The quantitative estimate of drug-likeness (QED) is 0.378. The number of allylic oxidation sites excluding steroid dienone is 3. The average Bonchev–Trinajstić information content (AvgIpc) is 2.51. The molecule has 6 nitrogen and oxygen atoms in total. The molecule has 7 heteroatoms. The second-order valence-corrected chi connectivity index (χ2v) is 5.45. The zero-order valence-corrected chi connectivity index (χ0v) is 15.5. The Hall–Kier alpha value is -1.53. The number of methoxy groups -OCH3 is 2. The number of rotatable bonds is 9. The number of likely N-dealkylation sites (N-methyl/N-ethyl adjacent to an activating group) is 1. The highest BCUT2D eigenvalue weighted by molar-refractivity contribution is 6.29. The first-order valence-electron chi connectivity index (χ1n) is 7.18. The van der Waals surface area contributed by atoms with Crippen LogP contribution >= 0.6 is 11.6 Å². The Morgan fingerprint density at radius 3 is 2.26 bits per heavy atom. The fourth-order valence-corrected chi connectivity index (χ4v) is 1.55. The van der Waals surface area contributed by atoms with Crippen LogP contribution in [0.4, 0.5) is 0 Å². The summed E-state index contributed by atoms with van der Waals surface area (Å²) in [5.74, 6) is -0.125. The third kappa shape index (κ3) is 11.7. The molecule has 0 heterocycles. The number of carbonyl (C=O) groups is 2. The van der Waals surface area contributed by atoms with Gasteiger partial charge in [-0.15, -0.1) is 0 Å². The molecule has 0 amide bonds. The SMILES string of the molecule is CC/C(Cl)=C\C(NC)=C(/C)OC.COC(C)(CC=O)CC(=O)O. The zero-order chi connectivity index (χ0) is 18.5. The summed E-state index contributed by atoms with van der Waals surface area (Å²) in [6.45, 7) is 5.49. The van der Waals surface area contributed by atoms with Gasteiger partial charge in [-0.1, -0.05) is 18.5 Å². The van der Waals surface area contributed by atoms with Gasteiger partial charge in [0.25, 0.3) is 0 Å². The summed E-state index contributed by atoms with van der Waals surface area (Å²) in [5.41, 5.74) is 0.0671. The molecule has 0 radical (unpaired) electrons. The van der Waals surface area contributed by atoms with Crippen molar-refractivity contribution in [2.75, 3.05) is 21.3 Å². The van der Waals surface area contributed by atoms with Gasteiger partial charge < -0.3 is 24.7 Å². The molecule has 0 aliphatic heterocycles. The van der Waals surface area contributed by atoms with Crippen LogP contribution in [-0.2, 0) is 19.1 Å². The number of hydrogen-bond acceptors (Lipinski definition) is 5. The van der Waals surface area contributed by atoms with Gasteiger partial charge in [-0.3, -0.25) is 4.79 Å². The van der Waals surface area contributed by atoms with Crippen LogP contribution in [0.25, 0.3) is 0 Å². The number of aliphatic carboxylic acids is 1. The molecule has 23 heavy (non-hydrogen) atoms. The molecule has 0 bridgehead atoms. The van der Waals surface area contributed by atoms with E-state index < -0.39 is 11.6 Å². The van der Waals surface area contributed by atoms with Crippen LogP contribution in [0.2, 0.25) is 0 Å². The molecule has 0 fully saturated rings. The highest BCUT2D eigenvalue weighted by Gasteiger charge is 2.26. The van der Waals surface area contributed by atoms with Crippen molar-refractivity contribution in [1.29, 1.82) is 0 Å². The number of halogens is 1. The average molecular weight is 350 g/mol. The minimum absolute atomic E-state index is 0.107. The smallest absolute Gasteiger partial charge is 0.306 e. The maximum atomic E-state index is 10.3. The van der Waals surface area contributed by atoms with Gasteiger partial charge in [-0.2, -0.15) is 0 Å². The van der Waals surface area contributed by atoms with Crippen LogP contribution in [0.5, 0.6) is 0 Å². The summed E-state index contributed by atoms with van der Waals surface area (Å²) in [5, 5.41) is 12.2. The Kier molecular flexibility index (Phi) is 13.4. The minimum atomic E-state index is -0.962. The van der Waals surface area contributed by atoms with E-state index in [0.717, 1.165) is 22.9 Å². The van der Waals surface area contributed by atoms with Crippen molar-refractivity contribution < 1.29 is 24.2 Å². The number of hydrogen-bond donors (Lipinski definition) is 2. The standard InChI is InChI=1S/C9H16ClNO.C7H12O4/c1-5-8(10)6-9(11-3)7(2)12-4;1-7(11-2,3-4-8)5-6(9)10/h6,11H,5H2,1-4H3;4H,3,5H2,1-2H3,(H,9,10)/b8-6+,9-7-;. The number of carboxylic acid groups (broad SMARTS) is 1. The summed E-state index contributed by atoms with van der Waals surface area (Å²) < 4.78 is 9.94. The van der Waals surface area contributed by atoms with E-state index in [0.29, 0.717) is 6.29 Å². The lowest BCUT2D eigenvalue weighted by Gasteiger charge is -2.23. The first kappa shape index (κ1) is 23.7. The van der Waals surface area contributed by atoms with E-state index >= 15 is 0 Å². The summed E-state index contributed by atoms with van der Waals surface area (Å²) in [4.78, 5) is 20.3. The van der Waals surface area contributed by atoms with Gasteiger partial charge in [0.1, 0.15) is 12.0 Å². The van der Waals surface area contributed by atoms with Crippen molar-refractivity contribution in [3.8, 4) is 0 Å². The van der Waals surface area contributed by atoms with E-state index in [2.05, 4.69) is 5.32 Å². The lowest BCUT2D eigenvalue weighted by atomic mass is 9.99. The van der Waals surface area contributed by atoms with E-state index in [9.17, 15) is 9.59 Å². The predicted octanol–water partition coefficient (Wildman–Crippen LogP) is 3.07. The Bertz CT molecular complexity index is 434. The number of carboxylic acids is 1. The normalized spacial score (nSPS) is 14.7. The number of carbonyl (C=O) groups excluding carboxylic acids is 1. The molecule has 0 rings (SSSR count). The monoisotopic (exact) mass is 349 g/mol. The maximum absolute atomic E-state index is 10.3. The van der Waals surface area contributed by atoms with Gasteiger partial charge in [-0.25, -0.2) is 0 Å². The molecular formula is C16H28ClNO5. The van der Waals surface area contributed by atoms with Crippen molar-refractivity contribution in [3.05, 3.63) is 22.6 Å². The molecule has 1 atom stereocenters. The molecular weight excluding hydrogens is 322 g/mol. The molecule has 2 N–H and O–H groups in total. The van der Waals surface area contributed by atoms with E-state index in [-0.39, 0.29) is 12.8 Å². The lowest BCUT2D eigenvalue weighted by Crippen LogP contribution is -2.30. The number of nitrogens with one attached hydrogen (secondary N) is 1. The van der Waals surface area contributed by atoms with Gasteiger partial charge >= 0.3 is 5.97 Å². The highest BCUT2D eigenvalue weighted by Crippen LogP contribution is 2.17. The van der Waals surface area contributed by atoms with Gasteiger partial charge in [0.15, 0.2) is 0 Å². The van der Waals surface area contributed by atoms with Crippen LogP contribution in [0.15, 0.2) is 22.6 Å². The Balaban J connectivity index is 0. The fraction of sp³-hybridized carbons (Fsp3) is 0.625. The molecule has 0 aliphatic carbocycles. The van der Waals surface area contributed by atoms with E-state index in [1.54, 1.807) is 14.0 Å². The summed E-state index contributed by atoms with van der Waals surface area (Å²) >= 11 is 5.87. The van der Waals surface area contributed by atoms with E-state index in [1.807, 2.05) is 27.0 Å². The van der Waals surface area contributed by atoms with Crippen LogP contribution in [0, 0.1) is 0 Å². The summed E-state index contributed by atoms with van der Waals surface area (Å²) in [6.07, 6.45) is 3.33. The Morgan fingerprint density at radius 1 is 1.39 bits per heavy atom. The predicted molar refractivity (Wildman–Crippen MR) is 91.3 cm³/mol. The number of ether oxygens (including phenoxy) is 2. The minimum Gasteiger partial charge on any atom is -0.499 e. The first-order valence-corrected chi connectivity index (χ1v) is 7.56. The summed E-state index contributed by atoms with van der Waals surface area (Å²) in [7, 11) is 4.88. The van der Waals surface area contributed by atoms with Crippen LogP contribution in [0.3, 0.4) is 0 Å². The molecule has 0 saturated carbocycles. The Labute approximate surface area is 143 Å². The number of aldehydes is 1. The van der Waals surface area contributed by atoms with E-state index in [1.165, 1.54) is 7.11 Å². The van der Waals surface area contributed by atoms with E-state index in [4.69, 9.17) is 26.2 Å². The third-order valence-electron chi connectivity index (χ3n) is 3.13. The molecule has 0 saturated heterocycles. The Morgan fingerprint density at radius 2 is 1.96 bits per heavy atom. The lowest BCUT2D eigenvalue weighted by molar-refractivity contribution is -0.143. The van der Waals surface area contributed by atoms with Gasteiger partial charge in [0, 0.05) is 25.6 Å². The van der Waals surface area contributed by atoms with Crippen molar-refractivity contribution >= 4 is 23.9 Å². The topological polar surface area (TPSA) is 84.9 Å². The second-order valence-electron chi connectivity index (χ2n) is 4.96. The molecule has 0 aliphatic rings. The van der Waals surface area contributed by atoms with Crippen molar-refractivity contribution in [3.63, 3.8) is 0 Å². The molecule has 1 unspecified atom stereocenters. The van der Waals surface area contributed by atoms with Crippen molar-refractivity contribution in [2.45, 2.75) is 45.6 Å². The summed E-state index contributed by atoms with van der Waals surface area (Å²) in [6, 6.07) is 0. The molecule has 0 aromatic heterocycles. The van der Waals surface area contributed by atoms with Gasteiger partial charge in [0.2, 0.25) is 0 Å². The molecule has 0 aromatic carbocycles. The maximum Gasteiger partial charge on any atom is 0.306 e. The van der Waals surface area contributed by atoms with Gasteiger partial charge in [-0.05, 0) is 26.3 Å². The van der Waals surface area contributed by atoms with Crippen LogP contribution in [0.1, 0.15) is 40.0 Å². The largest absolute Gasteiger partial charge is 0.499 e. The molecule has 134 valence electrons.